The van der Waals surface area contributed by atoms with E-state index in [1.54, 1.807) is 0 Å². The van der Waals surface area contributed by atoms with E-state index < -0.39 is 0 Å². The van der Waals surface area contributed by atoms with Crippen LogP contribution in [0, 0.1) is 5.92 Å². The highest BCUT2D eigenvalue weighted by Crippen LogP contribution is 2.26. The standard InChI is InChI=1S/C23H39N5S.HI/c1-2-24-23(26-20-11-13-28(17-20)21-8-3-4-9-21)25-15-19-7-5-12-27(16-19)18-22-10-6-14-29-22;/h6,10,14,19-21H,2-5,7-9,11-13,15-18H2,1H3,(H2,24,25,26);1H. The third-order valence-corrected chi connectivity index (χ3v) is 7.68. The van der Waals surface area contributed by atoms with Crippen LogP contribution in [0.4, 0.5) is 0 Å². The summed E-state index contributed by atoms with van der Waals surface area (Å²) in [5, 5.41) is 9.42. The smallest absolute Gasteiger partial charge is 0.191 e. The van der Waals surface area contributed by atoms with Crippen molar-refractivity contribution in [3.8, 4) is 0 Å². The number of thiophene rings is 1. The van der Waals surface area contributed by atoms with Gasteiger partial charge in [-0.3, -0.25) is 14.8 Å². The number of hydrogen-bond acceptors (Lipinski definition) is 4. The lowest BCUT2D eigenvalue weighted by Gasteiger charge is -2.31. The zero-order valence-corrected chi connectivity index (χ0v) is 21.7. The Morgan fingerprint density at radius 3 is 2.77 bits per heavy atom. The Morgan fingerprint density at radius 2 is 2.00 bits per heavy atom. The minimum absolute atomic E-state index is 0. The summed E-state index contributed by atoms with van der Waals surface area (Å²) in [5.74, 6) is 1.71. The summed E-state index contributed by atoms with van der Waals surface area (Å²) in [5.41, 5.74) is 0. The predicted molar refractivity (Wildman–Crippen MR) is 139 cm³/mol. The summed E-state index contributed by atoms with van der Waals surface area (Å²) in [7, 11) is 0. The Labute approximate surface area is 204 Å². The molecule has 1 aromatic heterocycles. The van der Waals surface area contributed by atoms with Gasteiger partial charge in [0.15, 0.2) is 5.96 Å². The third kappa shape index (κ3) is 7.07. The zero-order valence-electron chi connectivity index (χ0n) is 18.5. The van der Waals surface area contributed by atoms with Crippen molar-refractivity contribution in [2.45, 2.75) is 70.5 Å². The molecule has 1 aliphatic carbocycles. The van der Waals surface area contributed by atoms with Crippen molar-refractivity contribution in [1.29, 1.82) is 0 Å². The second-order valence-corrected chi connectivity index (χ2v) is 10.1. The van der Waals surface area contributed by atoms with Gasteiger partial charge in [0.05, 0.1) is 0 Å². The summed E-state index contributed by atoms with van der Waals surface area (Å²) in [6, 6.07) is 5.82. The lowest BCUT2D eigenvalue weighted by Crippen LogP contribution is -2.45. The van der Waals surface area contributed by atoms with Crippen LogP contribution in [0.15, 0.2) is 22.5 Å². The number of piperidine rings is 1. The molecule has 0 spiro atoms. The van der Waals surface area contributed by atoms with Gasteiger partial charge in [-0.25, -0.2) is 0 Å². The molecule has 1 aromatic rings. The first-order chi connectivity index (χ1) is 14.3. The lowest BCUT2D eigenvalue weighted by molar-refractivity contribution is 0.172. The molecule has 2 aliphatic heterocycles. The second kappa shape index (κ2) is 12.6. The number of likely N-dealkylation sites (tertiary alicyclic amines) is 2. The maximum absolute atomic E-state index is 5.01. The number of hydrogen-bond donors (Lipinski definition) is 2. The molecule has 2 unspecified atom stereocenters. The highest BCUT2D eigenvalue weighted by molar-refractivity contribution is 14.0. The summed E-state index contributed by atoms with van der Waals surface area (Å²) in [4.78, 5) is 11.8. The molecule has 0 amide bonds. The number of guanidine groups is 1. The van der Waals surface area contributed by atoms with E-state index in [1.807, 2.05) is 11.3 Å². The molecule has 2 saturated heterocycles. The highest BCUT2D eigenvalue weighted by atomic mass is 127. The van der Waals surface area contributed by atoms with Crippen LogP contribution < -0.4 is 10.6 Å². The minimum Gasteiger partial charge on any atom is -0.357 e. The molecular formula is C23H40IN5S. The number of halogens is 1. The molecular weight excluding hydrogens is 505 g/mol. The summed E-state index contributed by atoms with van der Waals surface area (Å²) in [6.45, 7) is 10.00. The van der Waals surface area contributed by atoms with E-state index in [-0.39, 0.29) is 24.0 Å². The van der Waals surface area contributed by atoms with Gasteiger partial charge in [0.25, 0.3) is 0 Å². The van der Waals surface area contributed by atoms with Crippen molar-refractivity contribution in [1.82, 2.24) is 20.4 Å². The molecule has 7 heteroatoms. The van der Waals surface area contributed by atoms with E-state index in [4.69, 9.17) is 4.99 Å². The molecule has 0 bridgehead atoms. The molecule has 4 rings (SSSR count). The molecule has 3 fully saturated rings. The fraction of sp³-hybridized carbons (Fsp3) is 0.783. The molecule has 30 heavy (non-hydrogen) atoms. The van der Waals surface area contributed by atoms with Crippen molar-refractivity contribution in [2.75, 3.05) is 39.3 Å². The average molecular weight is 546 g/mol. The van der Waals surface area contributed by atoms with Crippen LogP contribution in [0.25, 0.3) is 0 Å². The van der Waals surface area contributed by atoms with Gasteiger partial charge in [-0.1, -0.05) is 18.9 Å². The fourth-order valence-corrected chi connectivity index (χ4v) is 6.05. The van der Waals surface area contributed by atoms with Crippen molar-refractivity contribution in [3.05, 3.63) is 22.4 Å². The summed E-state index contributed by atoms with van der Waals surface area (Å²) in [6.07, 6.45) is 9.52. The van der Waals surface area contributed by atoms with Crippen molar-refractivity contribution >= 4 is 41.3 Å². The highest BCUT2D eigenvalue weighted by Gasteiger charge is 2.30. The maximum atomic E-state index is 5.01. The SMILES string of the molecule is CCNC(=NCC1CCCN(Cc2cccs2)C1)NC1CCN(C2CCCC2)C1.I. The summed E-state index contributed by atoms with van der Waals surface area (Å²) < 4.78 is 0. The van der Waals surface area contributed by atoms with Crippen molar-refractivity contribution in [3.63, 3.8) is 0 Å². The van der Waals surface area contributed by atoms with E-state index in [0.29, 0.717) is 12.0 Å². The zero-order chi connectivity index (χ0) is 19.9. The third-order valence-electron chi connectivity index (χ3n) is 6.82. The van der Waals surface area contributed by atoms with E-state index in [0.717, 1.165) is 31.6 Å². The number of aliphatic imine (C=N–C) groups is 1. The molecule has 3 aliphatic rings. The molecule has 170 valence electrons. The monoisotopic (exact) mass is 545 g/mol. The van der Waals surface area contributed by atoms with Crippen molar-refractivity contribution in [2.24, 2.45) is 10.9 Å². The Hall–Kier alpha value is -0.380. The Kier molecular flexibility index (Phi) is 10.2. The Balaban J connectivity index is 0.00000256. The van der Waals surface area contributed by atoms with E-state index in [9.17, 15) is 0 Å². The lowest BCUT2D eigenvalue weighted by atomic mass is 9.98. The van der Waals surface area contributed by atoms with Crippen LogP contribution in [0.5, 0.6) is 0 Å². The second-order valence-electron chi connectivity index (χ2n) is 9.11. The van der Waals surface area contributed by atoms with Gasteiger partial charge in [-0.2, -0.15) is 0 Å². The number of nitrogens with zero attached hydrogens (tertiary/aromatic N) is 3. The van der Waals surface area contributed by atoms with Crippen LogP contribution in [0.3, 0.4) is 0 Å². The van der Waals surface area contributed by atoms with E-state index >= 15 is 0 Å². The van der Waals surface area contributed by atoms with Crippen LogP contribution in [-0.4, -0.2) is 67.1 Å². The molecule has 1 saturated carbocycles. The minimum atomic E-state index is 0. The van der Waals surface area contributed by atoms with Gasteiger partial charge in [0.2, 0.25) is 0 Å². The molecule has 3 heterocycles. The van der Waals surface area contributed by atoms with Gasteiger partial charge in [0.1, 0.15) is 0 Å². The van der Waals surface area contributed by atoms with Gasteiger partial charge in [0, 0.05) is 56.2 Å². The molecule has 2 atom stereocenters. The van der Waals surface area contributed by atoms with Crippen LogP contribution in [-0.2, 0) is 6.54 Å². The van der Waals surface area contributed by atoms with Crippen LogP contribution in [0.1, 0.15) is 56.7 Å². The first-order valence-corrected chi connectivity index (χ1v) is 12.7. The largest absolute Gasteiger partial charge is 0.357 e. The first-order valence-electron chi connectivity index (χ1n) is 11.8. The quantitative estimate of drug-likeness (QED) is 0.307. The Morgan fingerprint density at radius 1 is 1.13 bits per heavy atom. The number of nitrogens with one attached hydrogen (secondary N) is 2. The fourth-order valence-electron chi connectivity index (χ4n) is 5.31. The predicted octanol–water partition coefficient (Wildman–Crippen LogP) is 4.15. The first kappa shape index (κ1) is 24.3. The maximum Gasteiger partial charge on any atom is 0.191 e. The summed E-state index contributed by atoms with van der Waals surface area (Å²) >= 11 is 1.88. The average Bonchev–Trinajstić information content (AvgIpc) is 3.49. The van der Waals surface area contributed by atoms with Gasteiger partial charge in [-0.15, -0.1) is 35.3 Å². The van der Waals surface area contributed by atoms with E-state index in [2.05, 4.69) is 44.9 Å². The topological polar surface area (TPSA) is 42.9 Å². The molecule has 5 nitrogen and oxygen atoms in total. The van der Waals surface area contributed by atoms with Gasteiger partial charge >= 0.3 is 0 Å². The van der Waals surface area contributed by atoms with Gasteiger partial charge in [-0.05, 0) is 62.9 Å². The van der Waals surface area contributed by atoms with Gasteiger partial charge < -0.3 is 10.6 Å². The molecule has 0 aromatic carbocycles. The Bertz CT molecular complexity index is 632. The molecule has 0 radical (unpaired) electrons. The number of rotatable bonds is 7. The van der Waals surface area contributed by atoms with Crippen LogP contribution >= 0.6 is 35.3 Å². The normalized spacial score (nSPS) is 26.6. The van der Waals surface area contributed by atoms with E-state index in [1.165, 1.54) is 76.0 Å². The van der Waals surface area contributed by atoms with Crippen LogP contribution in [0.2, 0.25) is 0 Å². The molecule has 2 N–H and O–H groups in total. The van der Waals surface area contributed by atoms with Crippen molar-refractivity contribution < 1.29 is 0 Å².